The van der Waals surface area contributed by atoms with Gasteiger partial charge in [0.2, 0.25) is 0 Å². The number of amides is 1. The monoisotopic (exact) mass is 466 g/mol. The van der Waals surface area contributed by atoms with Crippen LogP contribution >= 0.6 is 7.60 Å². The summed E-state index contributed by atoms with van der Waals surface area (Å²) in [6.45, 7) is 5.08. The molecule has 0 saturated heterocycles. The molecule has 10 nitrogen and oxygen atoms in total. The molecular weight excluding hydrogens is 439 g/mol. The molecule has 0 aliphatic carbocycles. The first kappa shape index (κ1) is 25.5. The van der Waals surface area contributed by atoms with E-state index in [9.17, 15) is 19.3 Å². The molecule has 0 aliphatic rings. The van der Waals surface area contributed by atoms with Gasteiger partial charge in [-0.1, -0.05) is 36.4 Å². The number of pyridine rings is 1. The van der Waals surface area contributed by atoms with Crippen molar-refractivity contribution in [2.24, 2.45) is 5.92 Å². The second-order valence-corrected chi connectivity index (χ2v) is 10.1. The third-order valence-corrected chi connectivity index (χ3v) is 5.78. The van der Waals surface area contributed by atoms with Crippen LogP contribution in [0.15, 0.2) is 48.7 Å². The van der Waals surface area contributed by atoms with Crippen molar-refractivity contribution in [2.45, 2.75) is 39.4 Å². The van der Waals surface area contributed by atoms with E-state index in [1.165, 1.54) is 12.3 Å². The number of nitrogens with zero attached hydrogens (tertiary/aromatic N) is 1. The number of carboxylic acids is 1. The highest BCUT2D eigenvalue weighted by atomic mass is 31.2. The van der Waals surface area contributed by atoms with E-state index in [0.717, 1.165) is 0 Å². The van der Waals surface area contributed by atoms with E-state index in [2.05, 4.69) is 15.0 Å². The average molecular weight is 466 g/mol. The van der Waals surface area contributed by atoms with Gasteiger partial charge in [-0.25, -0.2) is 15.0 Å². The van der Waals surface area contributed by atoms with Crippen molar-refractivity contribution in [3.05, 3.63) is 59.8 Å². The summed E-state index contributed by atoms with van der Waals surface area (Å²) in [5, 5.41) is 21.1. The highest BCUT2D eigenvalue weighted by Gasteiger charge is 2.34. The Morgan fingerprint density at radius 2 is 1.81 bits per heavy atom. The number of carboxylic acid groups (broad SMARTS) is 1. The van der Waals surface area contributed by atoms with Crippen molar-refractivity contribution >= 4 is 25.5 Å². The molecule has 0 saturated carbocycles. The Morgan fingerprint density at radius 1 is 1.12 bits per heavy atom. The van der Waals surface area contributed by atoms with E-state index in [0.29, 0.717) is 11.1 Å². The van der Waals surface area contributed by atoms with Crippen molar-refractivity contribution < 1.29 is 38.5 Å². The number of aromatic nitrogens is 1. The van der Waals surface area contributed by atoms with E-state index in [1.54, 1.807) is 57.2 Å². The van der Waals surface area contributed by atoms with Crippen LogP contribution in [0.1, 0.15) is 31.9 Å². The summed E-state index contributed by atoms with van der Waals surface area (Å²) in [6.07, 6.45) is 0.136. The Bertz CT molecular complexity index is 945. The van der Waals surface area contributed by atoms with Crippen molar-refractivity contribution in [3.63, 3.8) is 0 Å². The lowest BCUT2D eigenvalue weighted by atomic mass is 10.0. The highest BCUT2D eigenvalue weighted by molar-refractivity contribution is 7.53. The van der Waals surface area contributed by atoms with Crippen LogP contribution in [0.3, 0.4) is 0 Å². The molecule has 2 atom stereocenters. The van der Waals surface area contributed by atoms with E-state index >= 15 is 0 Å². The number of benzene rings is 1. The molecule has 174 valence electrons. The van der Waals surface area contributed by atoms with Crippen molar-refractivity contribution in [1.29, 1.82) is 0 Å². The molecule has 0 fully saturated rings. The smallest absolute Gasteiger partial charge is 0.413 e. The summed E-state index contributed by atoms with van der Waals surface area (Å²) in [7, 11) is -4.08. The number of carbonyl (C=O) groups excluding carboxylic acids is 1. The molecule has 11 heteroatoms. The van der Waals surface area contributed by atoms with Gasteiger partial charge in [-0.3, -0.25) is 14.7 Å². The fourth-order valence-corrected chi connectivity index (χ4v) is 4.06. The van der Waals surface area contributed by atoms with E-state index in [4.69, 9.17) is 14.5 Å². The number of anilines is 1. The highest BCUT2D eigenvalue weighted by Crippen LogP contribution is 2.50. The second kappa shape index (κ2) is 11.2. The van der Waals surface area contributed by atoms with Gasteiger partial charge in [0.05, 0.1) is 18.7 Å². The van der Waals surface area contributed by atoms with Gasteiger partial charge in [0, 0.05) is 6.20 Å². The summed E-state index contributed by atoms with van der Waals surface area (Å²) in [5.74, 6) is -2.18. The molecule has 1 heterocycles. The van der Waals surface area contributed by atoms with Crippen LogP contribution in [0.2, 0.25) is 0 Å². The Kier molecular flexibility index (Phi) is 8.91. The third-order valence-electron chi connectivity index (χ3n) is 4.12. The quantitative estimate of drug-likeness (QED) is 0.260. The zero-order chi connectivity index (χ0) is 23.8. The molecule has 2 unspecified atom stereocenters. The first-order valence-electron chi connectivity index (χ1n) is 9.78. The molecule has 0 radical (unpaired) electrons. The van der Waals surface area contributed by atoms with Crippen LogP contribution in [0.25, 0.3) is 0 Å². The summed E-state index contributed by atoms with van der Waals surface area (Å²) >= 11 is 0. The maximum atomic E-state index is 12.7. The molecule has 32 heavy (non-hydrogen) atoms. The minimum atomic E-state index is -4.08. The summed E-state index contributed by atoms with van der Waals surface area (Å²) in [6, 6.07) is 11.9. The predicted molar refractivity (Wildman–Crippen MR) is 116 cm³/mol. The van der Waals surface area contributed by atoms with Crippen LogP contribution in [-0.4, -0.2) is 39.2 Å². The number of rotatable bonds is 10. The Balaban J connectivity index is 2.00. The molecule has 2 aromatic rings. The van der Waals surface area contributed by atoms with Gasteiger partial charge in [0.15, 0.2) is 0 Å². The number of aliphatic carboxylic acids is 1. The zero-order valence-corrected chi connectivity index (χ0v) is 19.0. The zero-order valence-electron chi connectivity index (χ0n) is 18.1. The third kappa shape index (κ3) is 8.76. The summed E-state index contributed by atoms with van der Waals surface area (Å²) in [4.78, 5) is 27.6. The largest absolute Gasteiger partial charge is 0.481 e. The topological polar surface area (TPSA) is 144 Å². The summed E-state index contributed by atoms with van der Waals surface area (Å²) < 4.78 is 27.2. The minimum Gasteiger partial charge on any atom is -0.481 e. The predicted octanol–water partition coefficient (Wildman–Crippen LogP) is 4.57. The lowest BCUT2D eigenvalue weighted by molar-refractivity contribution is -0.152. The number of ether oxygens (including phenoxy) is 1. The first-order valence-corrected chi connectivity index (χ1v) is 11.5. The minimum absolute atomic E-state index is 0.0445. The molecule has 1 amide bonds. The lowest BCUT2D eigenvalue weighted by Crippen LogP contribution is -2.27. The van der Waals surface area contributed by atoms with Crippen LogP contribution in [0.5, 0.6) is 0 Å². The maximum absolute atomic E-state index is 12.7. The molecule has 0 aliphatic heterocycles. The number of hydrogen-bond donors (Lipinski definition) is 3. The Labute approximate surface area is 186 Å². The maximum Gasteiger partial charge on any atom is 0.413 e. The van der Waals surface area contributed by atoms with Crippen molar-refractivity contribution in [2.75, 3.05) is 11.5 Å². The number of hydrogen-bond acceptors (Lipinski definition) is 8. The molecule has 2 rings (SSSR count). The second-order valence-electron chi connectivity index (χ2n) is 8.05. The molecular formula is C21H27N2O8P. The molecule has 1 aromatic carbocycles. The van der Waals surface area contributed by atoms with Crippen molar-refractivity contribution in [3.8, 4) is 0 Å². The molecule has 0 bridgehead atoms. The fourth-order valence-electron chi connectivity index (χ4n) is 2.67. The molecule has 3 N–H and O–H groups in total. The van der Waals surface area contributed by atoms with Crippen LogP contribution in [0, 0.1) is 5.92 Å². The van der Waals surface area contributed by atoms with E-state index in [-0.39, 0.29) is 18.8 Å². The van der Waals surface area contributed by atoms with Crippen LogP contribution in [-0.2, 0) is 36.3 Å². The van der Waals surface area contributed by atoms with Crippen LogP contribution in [0.4, 0.5) is 10.6 Å². The SMILES string of the molecule is CC(C)(C)OC(=O)Nc1ccc(CC(CP(=O)(OO)OCc2ccccc2)C(=O)O)cn1. The van der Waals surface area contributed by atoms with Gasteiger partial charge in [0.25, 0.3) is 0 Å². The van der Waals surface area contributed by atoms with Crippen molar-refractivity contribution in [1.82, 2.24) is 4.98 Å². The normalized spacial score (nSPS) is 14.2. The van der Waals surface area contributed by atoms with E-state index < -0.39 is 37.3 Å². The Hall–Kier alpha value is -2.78. The van der Waals surface area contributed by atoms with E-state index in [1.807, 2.05) is 0 Å². The fraction of sp³-hybridized carbons (Fsp3) is 0.381. The van der Waals surface area contributed by atoms with Gasteiger partial charge in [-0.2, -0.15) is 4.67 Å². The van der Waals surface area contributed by atoms with Crippen LogP contribution < -0.4 is 5.32 Å². The standard InChI is InChI=1S/C21H27N2O8P/c1-21(2,3)30-20(26)23-18-10-9-16(12-22-18)11-17(19(24)25)14-32(28,31-27)29-13-15-7-5-4-6-8-15/h4-10,12,17,27H,11,13-14H2,1-3H3,(H,24,25)(H,22,23,26). The van der Waals surface area contributed by atoms with Gasteiger partial charge in [0.1, 0.15) is 11.4 Å². The van der Waals surface area contributed by atoms with Gasteiger partial charge in [-0.15, -0.1) is 0 Å². The number of carbonyl (C=O) groups is 2. The van der Waals surface area contributed by atoms with Gasteiger partial charge in [-0.05, 0) is 44.4 Å². The van der Waals surface area contributed by atoms with Gasteiger partial charge >= 0.3 is 19.7 Å². The average Bonchev–Trinajstić information content (AvgIpc) is 2.72. The van der Waals surface area contributed by atoms with Gasteiger partial charge < -0.3 is 14.4 Å². The lowest BCUT2D eigenvalue weighted by Gasteiger charge is -2.20. The Morgan fingerprint density at radius 3 is 2.34 bits per heavy atom. The first-order chi connectivity index (χ1) is 15.0. The molecule has 1 aromatic heterocycles. The summed E-state index contributed by atoms with van der Waals surface area (Å²) in [5.41, 5.74) is 0.540. The number of nitrogens with one attached hydrogen (secondary N) is 1. The molecule has 0 spiro atoms.